The molecule has 0 saturated carbocycles. The van der Waals surface area contributed by atoms with Crippen molar-refractivity contribution in [2.45, 2.75) is 32.1 Å². The Labute approximate surface area is 208 Å². The smallest absolute Gasteiger partial charge is 0.124 e. The van der Waals surface area contributed by atoms with E-state index in [4.69, 9.17) is 9.47 Å². The van der Waals surface area contributed by atoms with Crippen LogP contribution in [0.1, 0.15) is 30.0 Å². The van der Waals surface area contributed by atoms with Gasteiger partial charge < -0.3 is 19.9 Å². The van der Waals surface area contributed by atoms with E-state index >= 15 is 0 Å². The van der Waals surface area contributed by atoms with Crippen molar-refractivity contribution in [3.05, 3.63) is 95.6 Å². The third-order valence-electron chi connectivity index (χ3n) is 6.28. The van der Waals surface area contributed by atoms with Gasteiger partial charge in [0.2, 0.25) is 0 Å². The number of likely N-dealkylation sites (N-methyl/N-ethyl adjacent to an activating group) is 1. The minimum Gasteiger partial charge on any atom is -0.507 e. The molecule has 0 aromatic heterocycles. The van der Waals surface area contributed by atoms with Crippen molar-refractivity contribution < 1.29 is 14.6 Å². The molecule has 1 heterocycles. The lowest BCUT2D eigenvalue weighted by Crippen LogP contribution is -2.51. The zero-order chi connectivity index (χ0) is 24.3. The molecule has 1 aliphatic heterocycles. The second-order valence-corrected chi connectivity index (χ2v) is 8.87. The predicted molar refractivity (Wildman–Crippen MR) is 140 cm³/mol. The molecule has 0 saturated heterocycles. The van der Waals surface area contributed by atoms with Crippen LogP contribution in [0.5, 0.6) is 11.5 Å². The summed E-state index contributed by atoms with van der Waals surface area (Å²) in [4.78, 5) is 6.66. The zero-order valence-corrected chi connectivity index (χ0v) is 20.4. The molecule has 6 heteroatoms. The average molecular weight is 474 g/mol. The summed E-state index contributed by atoms with van der Waals surface area (Å²) >= 11 is 0. The molecule has 6 nitrogen and oxygen atoms in total. The molecule has 0 aliphatic carbocycles. The number of rotatable bonds is 13. The largest absolute Gasteiger partial charge is 0.507 e. The molecule has 0 radical (unpaired) electrons. The van der Waals surface area contributed by atoms with Gasteiger partial charge in [0.25, 0.3) is 0 Å². The van der Waals surface area contributed by atoms with Gasteiger partial charge in [0.05, 0.1) is 18.8 Å². The van der Waals surface area contributed by atoms with Crippen LogP contribution in [-0.4, -0.2) is 49.1 Å². The van der Waals surface area contributed by atoms with Crippen molar-refractivity contribution in [3.8, 4) is 11.5 Å². The fourth-order valence-corrected chi connectivity index (χ4v) is 4.53. The van der Waals surface area contributed by atoms with Crippen molar-refractivity contribution in [2.75, 3.05) is 32.9 Å². The third-order valence-corrected chi connectivity index (χ3v) is 6.28. The molecule has 0 spiro atoms. The Balaban J connectivity index is 1.50. The van der Waals surface area contributed by atoms with Gasteiger partial charge in [-0.1, -0.05) is 67.6 Å². The molecule has 0 bridgehead atoms. The first-order chi connectivity index (χ1) is 17.2. The van der Waals surface area contributed by atoms with Crippen LogP contribution in [0, 0.1) is 0 Å². The van der Waals surface area contributed by atoms with Crippen LogP contribution in [-0.2, 0) is 23.5 Å². The highest BCUT2D eigenvalue weighted by Crippen LogP contribution is 2.36. The van der Waals surface area contributed by atoms with Crippen molar-refractivity contribution in [1.82, 2.24) is 10.2 Å². The van der Waals surface area contributed by atoms with Gasteiger partial charge in [0, 0.05) is 37.5 Å². The maximum absolute atomic E-state index is 11.1. The normalized spacial score (nSPS) is 15.2. The SMILES string of the molecule is CCN[C@](CCOCc1ccccc1)(CN1CC=NC1)c1ccc(OCc2ccccc2)cc1O. The Morgan fingerprint density at radius 3 is 2.31 bits per heavy atom. The van der Waals surface area contributed by atoms with Crippen molar-refractivity contribution in [3.63, 3.8) is 0 Å². The number of ether oxygens (including phenoxy) is 2. The Kier molecular flexibility index (Phi) is 8.90. The molecule has 3 aromatic rings. The average Bonchev–Trinajstić information content (AvgIpc) is 3.39. The molecule has 35 heavy (non-hydrogen) atoms. The first-order valence-corrected chi connectivity index (χ1v) is 12.3. The lowest BCUT2D eigenvalue weighted by molar-refractivity contribution is 0.0822. The number of hydrogen-bond acceptors (Lipinski definition) is 6. The van der Waals surface area contributed by atoms with E-state index in [0.29, 0.717) is 45.2 Å². The maximum atomic E-state index is 11.1. The van der Waals surface area contributed by atoms with Crippen LogP contribution < -0.4 is 10.1 Å². The molecule has 1 aliphatic rings. The lowest BCUT2D eigenvalue weighted by atomic mass is 9.85. The molecule has 3 aromatic carbocycles. The molecule has 4 rings (SSSR count). The summed E-state index contributed by atoms with van der Waals surface area (Å²) in [7, 11) is 0. The van der Waals surface area contributed by atoms with Crippen molar-refractivity contribution >= 4 is 6.21 Å². The van der Waals surface area contributed by atoms with Crippen LogP contribution in [0.15, 0.2) is 83.9 Å². The van der Waals surface area contributed by atoms with Crippen LogP contribution >= 0.6 is 0 Å². The molecular formula is C29H35N3O3. The standard InChI is InChI=1S/C29H35N3O3/c1-2-31-29(22-32-17-16-30-23-32,15-18-34-20-24-9-5-3-6-10-24)27-14-13-26(19-28(27)33)35-21-25-11-7-4-8-12-25/h3-14,16,19,31,33H,2,15,17-18,20-23H2,1H3/t29-/m1/s1. The number of hydrogen-bond donors (Lipinski definition) is 2. The van der Waals surface area contributed by atoms with Gasteiger partial charge in [-0.25, -0.2) is 0 Å². The van der Waals surface area contributed by atoms with Gasteiger partial charge in [0.1, 0.15) is 18.1 Å². The number of aliphatic imine (C=N–C) groups is 1. The first-order valence-electron chi connectivity index (χ1n) is 12.3. The summed E-state index contributed by atoms with van der Waals surface area (Å²) in [5.74, 6) is 0.866. The monoisotopic (exact) mass is 473 g/mol. The summed E-state index contributed by atoms with van der Waals surface area (Å²) < 4.78 is 12.0. The fraction of sp³-hybridized carbons (Fsp3) is 0.345. The van der Waals surface area contributed by atoms with Crippen LogP contribution in [0.2, 0.25) is 0 Å². The third kappa shape index (κ3) is 6.92. The van der Waals surface area contributed by atoms with E-state index < -0.39 is 5.54 Å². The van der Waals surface area contributed by atoms with Crippen LogP contribution in [0.4, 0.5) is 0 Å². The summed E-state index contributed by atoms with van der Waals surface area (Å²) in [5, 5.41) is 14.8. The van der Waals surface area contributed by atoms with Crippen molar-refractivity contribution in [1.29, 1.82) is 0 Å². The van der Waals surface area contributed by atoms with Gasteiger partial charge in [-0.15, -0.1) is 0 Å². The number of phenolic OH excluding ortho intramolecular Hbond substituents is 1. The Morgan fingerprint density at radius 2 is 1.69 bits per heavy atom. The quantitative estimate of drug-likeness (QED) is 0.352. The van der Waals surface area contributed by atoms with Gasteiger partial charge in [0.15, 0.2) is 0 Å². The van der Waals surface area contributed by atoms with Gasteiger partial charge in [-0.05, 0) is 36.2 Å². The van der Waals surface area contributed by atoms with E-state index in [9.17, 15) is 5.11 Å². The molecule has 2 N–H and O–H groups in total. The van der Waals surface area contributed by atoms with Gasteiger partial charge in [-0.2, -0.15) is 0 Å². The van der Waals surface area contributed by atoms with E-state index in [1.54, 1.807) is 6.07 Å². The van der Waals surface area contributed by atoms with E-state index in [1.165, 1.54) is 0 Å². The number of nitrogens with zero attached hydrogens (tertiary/aromatic N) is 2. The van der Waals surface area contributed by atoms with Crippen molar-refractivity contribution in [2.24, 2.45) is 4.99 Å². The number of benzene rings is 3. The summed E-state index contributed by atoms with van der Waals surface area (Å²) in [6, 6.07) is 25.8. The molecule has 0 amide bonds. The second-order valence-electron chi connectivity index (χ2n) is 8.87. The van der Waals surface area contributed by atoms with Crippen LogP contribution in [0.3, 0.4) is 0 Å². The fourth-order valence-electron chi connectivity index (χ4n) is 4.53. The first kappa shape index (κ1) is 24.9. The Bertz CT molecular complexity index is 1070. The minimum atomic E-state index is -0.485. The number of phenols is 1. The highest BCUT2D eigenvalue weighted by Gasteiger charge is 2.36. The summed E-state index contributed by atoms with van der Waals surface area (Å²) in [5.41, 5.74) is 2.60. The number of aromatic hydroxyl groups is 1. The maximum Gasteiger partial charge on any atom is 0.124 e. The molecule has 1 atom stereocenters. The minimum absolute atomic E-state index is 0.222. The molecule has 184 valence electrons. The van der Waals surface area contributed by atoms with Gasteiger partial charge >= 0.3 is 0 Å². The highest BCUT2D eigenvalue weighted by molar-refractivity contribution is 5.61. The molecule has 0 unspecified atom stereocenters. The lowest BCUT2D eigenvalue weighted by Gasteiger charge is -2.38. The van der Waals surface area contributed by atoms with Gasteiger partial charge in [-0.3, -0.25) is 9.89 Å². The Hall–Kier alpha value is -3.19. The topological polar surface area (TPSA) is 66.3 Å². The van der Waals surface area contributed by atoms with E-state index in [1.807, 2.05) is 66.9 Å². The predicted octanol–water partition coefficient (Wildman–Crippen LogP) is 4.73. The molecular weight excluding hydrogens is 438 g/mol. The zero-order valence-electron chi connectivity index (χ0n) is 20.4. The number of nitrogens with one attached hydrogen (secondary N) is 1. The molecule has 0 fully saturated rings. The summed E-state index contributed by atoms with van der Waals surface area (Å²) in [6.45, 7) is 6.61. The van der Waals surface area contributed by atoms with Crippen LogP contribution in [0.25, 0.3) is 0 Å². The van der Waals surface area contributed by atoms with E-state index in [0.717, 1.165) is 29.8 Å². The second kappa shape index (κ2) is 12.5. The van der Waals surface area contributed by atoms with E-state index in [-0.39, 0.29) is 5.75 Å². The van der Waals surface area contributed by atoms with E-state index in [2.05, 4.69) is 34.3 Å². The highest BCUT2D eigenvalue weighted by atomic mass is 16.5. The Morgan fingerprint density at radius 1 is 0.971 bits per heavy atom. The summed E-state index contributed by atoms with van der Waals surface area (Å²) in [6.07, 6.45) is 2.66.